The second-order valence-electron chi connectivity index (χ2n) is 6.20. The average molecular weight is 327 g/mol. The number of hydrogen-bond acceptors (Lipinski definition) is 3. The van der Waals surface area contributed by atoms with Crippen LogP contribution in [0.3, 0.4) is 0 Å². The van der Waals surface area contributed by atoms with Crippen molar-refractivity contribution in [2.75, 3.05) is 32.4 Å². The molecule has 126 valence electrons. The van der Waals surface area contributed by atoms with E-state index in [9.17, 15) is 4.79 Å². The molecule has 0 radical (unpaired) electrons. The summed E-state index contributed by atoms with van der Waals surface area (Å²) in [6.45, 7) is 4.69. The van der Waals surface area contributed by atoms with E-state index in [1.807, 2.05) is 16.7 Å². The summed E-state index contributed by atoms with van der Waals surface area (Å²) in [7, 11) is 1.78. The molecule has 0 aromatic heterocycles. The molecular formula is C16H30N4OS. The highest BCUT2D eigenvalue weighted by molar-refractivity contribution is 8.00. The first-order valence-electron chi connectivity index (χ1n) is 8.56. The van der Waals surface area contributed by atoms with Crippen molar-refractivity contribution >= 4 is 23.6 Å². The lowest BCUT2D eigenvalue weighted by Gasteiger charge is -2.33. The number of piperidine rings is 1. The van der Waals surface area contributed by atoms with E-state index in [2.05, 4.69) is 22.5 Å². The second-order valence-corrected chi connectivity index (χ2v) is 7.61. The van der Waals surface area contributed by atoms with Crippen LogP contribution in [-0.4, -0.2) is 60.5 Å². The van der Waals surface area contributed by atoms with Crippen LogP contribution >= 0.6 is 11.8 Å². The number of guanidine groups is 1. The molecule has 2 N–H and O–H groups in total. The van der Waals surface area contributed by atoms with Crippen LogP contribution in [0, 0.1) is 0 Å². The number of rotatable bonds is 5. The zero-order valence-corrected chi connectivity index (χ0v) is 14.8. The summed E-state index contributed by atoms with van der Waals surface area (Å²) in [5.74, 6) is 2.36. The molecule has 2 unspecified atom stereocenters. The highest BCUT2D eigenvalue weighted by Gasteiger charge is 2.22. The Morgan fingerprint density at radius 1 is 1.27 bits per heavy atom. The van der Waals surface area contributed by atoms with E-state index in [0.29, 0.717) is 24.3 Å². The molecule has 2 aliphatic heterocycles. The van der Waals surface area contributed by atoms with Gasteiger partial charge in [0, 0.05) is 44.4 Å². The Balaban J connectivity index is 1.64. The summed E-state index contributed by atoms with van der Waals surface area (Å²) in [6, 6.07) is 0.401. The number of carbonyl (C=O) groups excluding carboxylic acids is 1. The predicted molar refractivity (Wildman–Crippen MR) is 94.5 cm³/mol. The zero-order chi connectivity index (χ0) is 15.8. The van der Waals surface area contributed by atoms with Gasteiger partial charge in [0.15, 0.2) is 5.96 Å². The Morgan fingerprint density at radius 3 is 2.82 bits per heavy atom. The first-order chi connectivity index (χ1) is 10.7. The maximum absolute atomic E-state index is 12.3. The SMILES string of the molecule is CN=C(NCCC(=O)N1CCCCC1C)NCC1CCCS1. The fourth-order valence-corrected chi connectivity index (χ4v) is 4.34. The first-order valence-corrected chi connectivity index (χ1v) is 9.61. The van der Waals surface area contributed by atoms with E-state index in [4.69, 9.17) is 0 Å². The summed E-state index contributed by atoms with van der Waals surface area (Å²) in [5, 5.41) is 7.33. The lowest BCUT2D eigenvalue weighted by atomic mass is 10.0. The van der Waals surface area contributed by atoms with Crippen molar-refractivity contribution in [2.45, 2.75) is 56.7 Å². The van der Waals surface area contributed by atoms with Gasteiger partial charge in [-0.1, -0.05) is 0 Å². The third kappa shape index (κ3) is 5.38. The molecule has 0 aliphatic carbocycles. The van der Waals surface area contributed by atoms with Crippen LogP contribution in [0.15, 0.2) is 4.99 Å². The normalized spacial score (nSPS) is 26.1. The third-order valence-corrected chi connectivity index (χ3v) is 5.90. The summed E-state index contributed by atoms with van der Waals surface area (Å²) >= 11 is 2.04. The van der Waals surface area contributed by atoms with Crippen molar-refractivity contribution in [3.05, 3.63) is 0 Å². The van der Waals surface area contributed by atoms with Crippen LogP contribution in [0.1, 0.15) is 45.4 Å². The molecule has 6 heteroatoms. The minimum Gasteiger partial charge on any atom is -0.356 e. The Morgan fingerprint density at radius 2 is 2.14 bits per heavy atom. The van der Waals surface area contributed by atoms with Gasteiger partial charge in [-0.25, -0.2) is 0 Å². The number of hydrogen-bond donors (Lipinski definition) is 2. The van der Waals surface area contributed by atoms with Crippen LogP contribution in [-0.2, 0) is 4.79 Å². The number of amides is 1. The van der Waals surface area contributed by atoms with Crippen molar-refractivity contribution in [1.82, 2.24) is 15.5 Å². The van der Waals surface area contributed by atoms with E-state index < -0.39 is 0 Å². The fraction of sp³-hybridized carbons (Fsp3) is 0.875. The number of nitrogens with zero attached hydrogens (tertiary/aromatic N) is 2. The molecule has 2 aliphatic rings. The van der Waals surface area contributed by atoms with E-state index in [-0.39, 0.29) is 5.91 Å². The highest BCUT2D eigenvalue weighted by Crippen LogP contribution is 2.25. The van der Waals surface area contributed by atoms with E-state index in [1.54, 1.807) is 7.05 Å². The zero-order valence-electron chi connectivity index (χ0n) is 13.9. The van der Waals surface area contributed by atoms with Crippen LogP contribution in [0.4, 0.5) is 0 Å². The molecule has 2 rings (SSSR count). The molecule has 2 fully saturated rings. The third-order valence-electron chi connectivity index (χ3n) is 4.50. The van der Waals surface area contributed by atoms with E-state index in [0.717, 1.165) is 31.9 Å². The van der Waals surface area contributed by atoms with Gasteiger partial charge in [0.05, 0.1) is 0 Å². The molecule has 0 aromatic carbocycles. The van der Waals surface area contributed by atoms with Gasteiger partial charge in [-0.15, -0.1) is 0 Å². The molecule has 2 saturated heterocycles. The molecule has 0 saturated carbocycles. The summed E-state index contributed by atoms with van der Waals surface area (Å²) in [6.07, 6.45) is 6.70. The lowest BCUT2D eigenvalue weighted by molar-refractivity contribution is -0.134. The Labute approximate surface area is 138 Å². The number of carbonyl (C=O) groups is 1. The summed E-state index contributed by atoms with van der Waals surface area (Å²) in [4.78, 5) is 18.5. The van der Waals surface area contributed by atoms with Crippen molar-refractivity contribution in [2.24, 2.45) is 4.99 Å². The van der Waals surface area contributed by atoms with E-state index in [1.165, 1.54) is 25.0 Å². The summed E-state index contributed by atoms with van der Waals surface area (Å²) in [5.41, 5.74) is 0. The van der Waals surface area contributed by atoms with Crippen molar-refractivity contribution in [1.29, 1.82) is 0 Å². The van der Waals surface area contributed by atoms with Crippen molar-refractivity contribution in [3.63, 3.8) is 0 Å². The van der Waals surface area contributed by atoms with E-state index >= 15 is 0 Å². The van der Waals surface area contributed by atoms with Gasteiger partial charge in [0.1, 0.15) is 0 Å². The van der Waals surface area contributed by atoms with Gasteiger partial charge >= 0.3 is 0 Å². The Hall–Kier alpha value is -0.910. The molecule has 0 aromatic rings. The average Bonchev–Trinajstić information content (AvgIpc) is 3.04. The molecular weight excluding hydrogens is 296 g/mol. The quantitative estimate of drug-likeness (QED) is 0.598. The monoisotopic (exact) mass is 326 g/mol. The van der Waals surface area contributed by atoms with Gasteiger partial charge in [0.25, 0.3) is 0 Å². The lowest BCUT2D eigenvalue weighted by Crippen LogP contribution is -2.45. The van der Waals surface area contributed by atoms with Gasteiger partial charge in [0.2, 0.25) is 5.91 Å². The van der Waals surface area contributed by atoms with Crippen LogP contribution in [0.2, 0.25) is 0 Å². The largest absolute Gasteiger partial charge is 0.356 e. The Bertz CT molecular complexity index is 382. The molecule has 22 heavy (non-hydrogen) atoms. The molecule has 2 heterocycles. The Kier molecular flexibility index (Phi) is 7.36. The molecule has 5 nitrogen and oxygen atoms in total. The van der Waals surface area contributed by atoms with Gasteiger partial charge in [-0.2, -0.15) is 11.8 Å². The van der Waals surface area contributed by atoms with Gasteiger partial charge in [-0.3, -0.25) is 9.79 Å². The molecule has 1 amide bonds. The number of likely N-dealkylation sites (tertiary alicyclic amines) is 1. The smallest absolute Gasteiger partial charge is 0.224 e. The fourth-order valence-electron chi connectivity index (χ4n) is 3.14. The van der Waals surface area contributed by atoms with Crippen molar-refractivity contribution in [3.8, 4) is 0 Å². The van der Waals surface area contributed by atoms with Crippen LogP contribution < -0.4 is 10.6 Å². The minimum atomic E-state index is 0.265. The topological polar surface area (TPSA) is 56.7 Å². The number of aliphatic imine (C=N–C) groups is 1. The van der Waals surface area contributed by atoms with Gasteiger partial charge in [-0.05, 0) is 44.8 Å². The summed E-state index contributed by atoms with van der Waals surface area (Å²) < 4.78 is 0. The molecule has 2 atom stereocenters. The van der Waals surface area contributed by atoms with Crippen LogP contribution in [0.5, 0.6) is 0 Å². The van der Waals surface area contributed by atoms with Crippen molar-refractivity contribution < 1.29 is 4.79 Å². The molecule has 0 spiro atoms. The maximum atomic E-state index is 12.3. The van der Waals surface area contributed by atoms with Gasteiger partial charge < -0.3 is 15.5 Å². The second kappa shape index (κ2) is 9.28. The minimum absolute atomic E-state index is 0.265. The predicted octanol–water partition coefficient (Wildman–Crippen LogP) is 1.84. The van der Waals surface area contributed by atoms with Crippen LogP contribution in [0.25, 0.3) is 0 Å². The molecule has 0 bridgehead atoms. The standard InChI is InChI=1S/C16H30N4OS/c1-13-6-3-4-10-20(13)15(21)8-9-18-16(17-2)19-12-14-7-5-11-22-14/h13-14H,3-12H2,1-2H3,(H2,17,18,19). The highest BCUT2D eigenvalue weighted by atomic mass is 32.2. The number of thioether (sulfide) groups is 1. The number of nitrogens with one attached hydrogen (secondary N) is 2. The first kappa shape index (κ1) is 17.4. The maximum Gasteiger partial charge on any atom is 0.224 e.